The van der Waals surface area contributed by atoms with Gasteiger partial charge in [-0.15, -0.1) is 0 Å². The lowest BCUT2D eigenvalue weighted by Crippen LogP contribution is -2.12. The highest BCUT2D eigenvalue weighted by molar-refractivity contribution is 5.66. The van der Waals surface area contributed by atoms with Crippen LogP contribution in [0.1, 0.15) is 54.3 Å². The second kappa shape index (κ2) is 11.9. The van der Waals surface area contributed by atoms with Crippen molar-refractivity contribution in [1.29, 1.82) is 0 Å². The van der Waals surface area contributed by atoms with Crippen LogP contribution in [-0.4, -0.2) is 30.3 Å². The lowest BCUT2D eigenvalue weighted by molar-refractivity contribution is -0.143. The molecule has 0 spiro atoms. The molecule has 37 heavy (non-hydrogen) atoms. The molecule has 200 valence electrons. The number of ether oxygens (including phenoxy) is 1. The summed E-state index contributed by atoms with van der Waals surface area (Å²) in [6, 6.07) is 9.64. The predicted molar refractivity (Wildman–Crippen MR) is 126 cm³/mol. The number of allylic oxidation sites excluding steroid dienone is 2. The molecule has 3 aromatic rings. The number of methoxy groups -OCH3 is 1. The maximum atomic E-state index is 12.4. The maximum absolute atomic E-state index is 12.4. The van der Waals surface area contributed by atoms with Gasteiger partial charge >= 0.3 is 12.4 Å². The monoisotopic (exact) mass is 527 g/mol. The summed E-state index contributed by atoms with van der Waals surface area (Å²) in [5.74, 6) is 1.79. The number of benzene rings is 2. The highest BCUT2D eigenvalue weighted by Gasteiger charge is 2.36. The van der Waals surface area contributed by atoms with Gasteiger partial charge in [-0.25, -0.2) is 0 Å². The van der Waals surface area contributed by atoms with Gasteiger partial charge in [0.15, 0.2) is 0 Å². The van der Waals surface area contributed by atoms with Crippen LogP contribution < -0.4 is 5.32 Å². The zero-order valence-electron chi connectivity index (χ0n) is 20.5. The van der Waals surface area contributed by atoms with Crippen molar-refractivity contribution in [1.82, 2.24) is 15.5 Å². The minimum atomic E-state index is -4.82. The molecule has 0 radical (unpaired) electrons. The molecule has 5 nitrogen and oxygen atoms in total. The topological polar surface area (TPSA) is 60.2 Å². The summed E-state index contributed by atoms with van der Waals surface area (Å²) in [5.41, 5.74) is 0.648. The van der Waals surface area contributed by atoms with Crippen LogP contribution in [0.25, 0.3) is 17.0 Å². The van der Waals surface area contributed by atoms with Crippen LogP contribution in [0, 0.1) is 0 Å². The number of nitrogens with zero attached hydrogens (tertiary/aromatic N) is 2. The molecule has 2 aromatic carbocycles. The number of nitrogens with one attached hydrogen (secondary N) is 1. The van der Waals surface area contributed by atoms with Gasteiger partial charge in [0.25, 0.3) is 0 Å². The number of halogens is 6. The van der Waals surface area contributed by atoms with E-state index in [1.54, 1.807) is 0 Å². The van der Waals surface area contributed by atoms with E-state index in [0.717, 1.165) is 31.0 Å². The fraction of sp³-hybridized carbons (Fsp3) is 0.385. The van der Waals surface area contributed by atoms with Gasteiger partial charge in [-0.1, -0.05) is 35.5 Å². The van der Waals surface area contributed by atoms with Gasteiger partial charge in [0.2, 0.25) is 11.7 Å². The van der Waals surface area contributed by atoms with Crippen LogP contribution >= 0.6 is 0 Å². The van der Waals surface area contributed by atoms with E-state index >= 15 is 0 Å². The molecule has 0 bridgehead atoms. The fourth-order valence-electron chi connectivity index (χ4n) is 3.70. The first-order valence-corrected chi connectivity index (χ1v) is 11.5. The largest absolute Gasteiger partial charge is 0.416 e. The Labute approximate surface area is 210 Å². The Morgan fingerprint density at radius 3 is 2.16 bits per heavy atom. The van der Waals surface area contributed by atoms with Crippen LogP contribution in [0.15, 0.2) is 53.1 Å². The first-order valence-electron chi connectivity index (χ1n) is 11.5. The van der Waals surface area contributed by atoms with Crippen LogP contribution in [0.5, 0.6) is 0 Å². The van der Waals surface area contributed by atoms with Crippen LogP contribution in [0.4, 0.5) is 26.3 Å². The Bertz CT molecular complexity index is 1160. The average Bonchev–Trinajstić information content (AvgIpc) is 3.55. The molecule has 1 aliphatic heterocycles. The van der Waals surface area contributed by atoms with Gasteiger partial charge in [0.1, 0.15) is 0 Å². The van der Waals surface area contributed by atoms with Crippen molar-refractivity contribution in [2.75, 3.05) is 20.2 Å². The third-order valence-electron chi connectivity index (χ3n) is 5.84. The summed E-state index contributed by atoms with van der Waals surface area (Å²) in [5, 5.41) is 7.41. The molecule has 1 aromatic heterocycles. The molecular formula is C26H27F6N3O2. The SMILES string of the molecule is C/C=C(\C)c1ccc(-c2noc(C3CCNC3)n2)cc1.COCc1cc(C(F)(F)F)cc(C(F)(F)F)c1. The molecular weight excluding hydrogens is 500 g/mol. The van der Waals surface area contributed by atoms with E-state index in [0.29, 0.717) is 23.9 Å². The molecule has 0 saturated carbocycles. The van der Waals surface area contributed by atoms with E-state index in [1.807, 2.05) is 19.1 Å². The van der Waals surface area contributed by atoms with Crippen LogP contribution in [0.2, 0.25) is 0 Å². The fourth-order valence-corrected chi connectivity index (χ4v) is 3.70. The Hall–Kier alpha value is -3.18. The average molecular weight is 528 g/mol. The second-order valence-electron chi connectivity index (χ2n) is 8.54. The zero-order chi connectivity index (χ0) is 27.2. The third-order valence-corrected chi connectivity index (χ3v) is 5.84. The minimum Gasteiger partial charge on any atom is -0.380 e. The summed E-state index contributed by atoms with van der Waals surface area (Å²) in [4.78, 5) is 4.52. The van der Waals surface area contributed by atoms with E-state index in [4.69, 9.17) is 4.52 Å². The van der Waals surface area contributed by atoms with Crippen molar-refractivity contribution in [3.05, 3.63) is 76.7 Å². The Morgan fingerprint density at radius 1 is 1.05 bits per heavy atom. The molecule has 4 rings (SSSR count). The van der Waals surface area contributed by atoms with Crippen molar-refractivity contribution in [3.8, 4) is 11.4 Å². The third kappa shape index (κ3) is 7.65. The Balaban J connectivity index is 0.000000209. The predicted octanol–water partition coefficient (Wildman–Crippen LogP) is 7.11. The van der Waals surface area contributed by atoms with Gasteiger partial charge in [-0.3, -0.25) is 0 Å². The molecule has 1 N–H and O–H groups in total. The van der Waals surface area contributed by atoms with Gasteiger partial charge in [-0.05, 0) is 61.7 Å². The van der Waals surface area contributed by atoms with Crippen molar-refractivity contribution in [2.24, 2.45) is 0 Å². The molecule has 0 amide bonds. The normalized spacial score (nSPS) is 16.5. The highest BCUT2D eigenvalue weighted by Crippen LogP contribution is 2.36. The second-order valence-corrected chi connectivity index (χ2v) is 8.54. The molecule has 1 saturated heterocycles. The standard InChI is InChI=1S/C16H19N3O.C10H8F6O/c1-3-11(2)12-4-6-13(7-5-12)15-18-16(20-19-15)14-8-9-17-10-14;1-17-5-6-2-7(9(11,12)13)4-8(3-6)10(14,15)16/h3-7,14,17H,8-10H2,1-2H3;2-4H,5H2,1H3/b11-3+;. The van der Waals surface area contributed by atoms with Crippen LogP contribution in [0.3, 0.4) is 0 Å². The number of rotatable bonds is 5. The smallest absolute Gasteiger partial charge is 0.380 e. The lowest BCUT2D eigenvalue weighted by Gasteiger charge is -2.13. The quantitative estimate of drug-likeness (QED) is 0.359. The van der Waals surface area contributed by atoms with E-state index in [2.05, 4.69) is 45.3 Å². The minimum absolute atomic E-state index is 0.0825. The van der Waals surface area contributed by atoms with E-state index in [1.165, 1.54) is 18.2 Å². The molecule has 1 atom stereocenters. The molecule has 0 aliphatic carbocycles. The van der Waals surface area contributed by atoms with Crippen molar-refractivity contribution in [2.45, 2.75) is 45.1 Å². The van der Waals surface area contributed by atoms with Gasteiger partial charge < -0.3 is 14.6 Å². The number of hydrogen-bond donors (Lipinski definition) is 1. The number of aromatic nitrogens is 2. The first-order chi connectivity index (χ1) is 17.4. The van der Waals surface area contributed by atoms with Crippen LogP contribution in [-0.2, 0) is 23.7 Å². The van der Waals surface area contributed by atoms with Gasteiger partial charge in [0.05, 0.1) is 23.7 Å². The zero-order valence-corrected chi connectivity index (χ0v) is 20.5. The summed E-state index contributed by atoms with van der Waals surface area (Å²) in [7, 11) is 1.19. The molecule has 1 aliphatic rings. The van der Waals surface area contributed by atoms with E-state index in [9.17, 15) is 26.3 Å². The van der Waals surface area contributed by atoms with E-state index < -0.39 is 23.5 Å². The Morgan fingerprint density at radius 2 is 1.68 bits per heavy atom. The highest BCUT2D eigenvalue weighted by atomic mass is 19.4. The van der Waals surface area contributed by atoms with Crippen molar-refractivity contribution in [3.63, 3.8) is 0 Å². The molecule has 11 heteroatoms. The van der Waals surface area contributed by atoms with Crippen molar-refractivity contribution >= 4 is 5.57 Å². The maximum Gasteiger partial charge on any atom is 0.416 e. The van der Waals surface area contributed by atoms with Gasteiger partial charge in [-0.2, -0.15) is 31.3 Å². The summed E-state index contributed by atoms with van der Waals surface area (Å²) >= 11 is 0. The molecule has 1 fully saturated rings. The number of hydrogen-bond acceptors (Lipinski definition) is 5. The van der Waals surface area contributed by atoms with E-state index in [-0.39, 0.29) is 18.2 Å². The Kier molecular flexibility index (Phi) is 9.14. The molecule has 2 heterocycles. The molecule has 1 unspecified atom stereocenters. The van der Waals surface area contributed by atoms with Gasteiger partial charge in [0, 0.05) is 19.2 Å². The summed E-state index contributed by atoms with van der Waals surface area (Å²) in [6.45, 7) is 5.80. The lowest BCUT2D eigenvalue weighted by atomic mass is 10.1. The summed E-state index contributed by atoms with van der Waals surface area (Å²) in [6.07, 6.45) is -6.46. The first kappa shape index (κ1) is 28.4. The van der Waals surface area contributed by atoms with Crippen molar-refractivity contribution < 1.29 is 35.6 Å². The number of alkyl halides is 6. The summed E-state index contributed by atoms with van der Waals surface area (Å²) < 4.78 is 84.1.